The first-order valence-corrected chi connectivity index (χ1v) is 8.07. The number of halogens is 1. The van der Waals surface area contributed by atoms with Crippen LogP contribution < -0.4 is 11.1 Å². The van der Waals surface area contributed by atoms with Gasteiger partial charge < -0.3 is 15.8 Å². The van der Waals surface area contributed by atoms with Crippen molar-refractivity contribution in [1.82, 2.24) is 5.32 Å². The molecule has 21 heavy (non-hydrogen) atoms. The highest BCUT2D eigenvalue weighted by molar-refractivity contribution is 7.99. The van der Waals surface area contributed by atoms with Gasteiger partial charge in [0.25, 0.3) is 0 Å². The van der Waals surface area contributed by atoms with Crippen molar-refractivity contribution < 1.29 is 13.9 Å². The van der Waals surface area contributed by atoms with Gasteiger partial charge in [-0.3, -0.25) is 4.79 Å². The molecule has 2 rings (SSSR count). The number of nitrogens with one attached hydrogen (secondary N) is 1. The Kier molecular flexibility index (Phi) is 6.02. The van der Waals surface area contributed by atoms with E-state index >= 15 is 0 Å². The average Bonchev–Trinajstić information content (AvgIpc) is 2.48. The Labute approximate surface area is 128 Å². The molecule has 0 bridgehead atoms. The van der Waals surface area contributed by atoms with Crippen molar-refractivity contribution in [3.05, 3.63) is 29.6 Å². The molecule has 1 aromatic carbocycles. The number of fused-ring (bicyclic) bond motifs is 1. The Morgan fingerprint density at radius 3 is 3.19 bits per heavy atom. The van der Waals surface area contributed by atoms with Gasteiger partial charge in [0.2, 0.25) is 5.91 Å². The van der Waals surface area contributed by atoms with E-state index in [2.05, 4.69) is 5.32 Å². The Balaban J connectivity index is 1.97. The van der Waals surface area contributed by atoms with E-state index in [-0.39, 0.29) is 17.8 Å². The maximum absolute atomic E-state index is 13.4. The van der Waals surface area contributed by atoms with E-state index in [1.807, 2.05) is 0 Å². The fourth-order valence-corrected chi connectivity index (χ4v) is 3.48. The van der Waals surface area contributed by atoms with Crippen molar-refractivity contribution >= 4 is 17.7 Å². The summed E-state index contributed by atoms with van der Waals surface area (Å²) in [5.74, 6) is 0.445. The first-order chi connectivity index (χ1) is 10.1. The van der Waals surface area contributed by atoms with Gasteiger partial charge >= 0.3 is 0 Å². The molecule has 1 aliphatic rings. The molecule has 2 unspecified atom stereocenters. The third-order valence-electron chi connectivity index (χ3n) is 3.53. The van der Waals surface area contributed by atoms with Gasteiger partial charge in [0, 0.05) is 24.4 Å². The molecule has 1 amide bonds. The number of rotatable bonds is 6. The monoisotopic (exact) mass is 312 g/mol. The second kappa shape index (κ2) is 7.77. The molecule has 1 heterocycles. The van der Waals surface area contributed by atoms with E-state index in [0.29, 0.717) is 13.0 Å². The lowest BCUT2D eigenvalue weighted by Gasteiger charge is -2.27. The van der Waals surface area contributed by atoms with Crippen LogP contribution in [0.3, 0.4) is 0 Å². The van der Waals surface area contributed by atoms with Crippen LogP contribution in [0.15, 0.2) is 23.1 Å². The van der Waals surface area contributed by atoms with Crippen LogP contribution in [0, 0.1) is 5.82 Å². The summed E-state index contributed by atoms with van der Waals surface area (Å²) < 4.78 is 18.4. The Hall–Kier alpha value is -1.11. The molecule has 0 fully saturated rings. The van der Waals surface area contributed by atoms with Crippen molar-refractivity contribution in [2.75, 3.05) is 19.5 Å². The Morgan fingerprint density at radius 2 is 2.43 bits per heavy atom. The summed E-state index contributed by atoms with van der Waals surface area (Å²) in [7, 11) is 1.62. The van der Waals surface area contributed by atoms with E-state index in [4.69, 9.17) is 10.5 Å². The maximum Gasteiger partial charge on any atom is 0.237 e. The van der Waals surface area contributed by atoms with Crippen molar-refractivity contribution in [2.24, 2.45) is 5.73 Å². The van der Waals surface area contributed by atoms with Crippen molar-refractivity contribution in [3.63, 3.8) is 0 Å². The Morgan fingerprint density at radius 1 is 1.62 bits per heavy atom. The van der Waals surface area contributed by atoms with Crippen LogP contribution in [0.4, 0.5) is 4.39 Å². The molecule has 6 heteroatoms. The van der Waals surface area contributed by atoms with Gasteiger partial charge in [0.15, 0.2) is 0 Å². The first-order valence-electron chi connectivity index (χ1n) is 7.09. The Bertz CT molecular complexity index is 499. The predicted molar refractivity (Wildman–Crippen MR) is 81.7 cm³/mol. The number of ether oxygens (including phenoxy) is 1. The number of carbonyl (C=O) groups excluding carboxylic acids is 1. The third kappa shape index (κ3) is 4.43. The molecular formula is C15H21FN2O2S. The highest BCUT2D eigenvalue weighted by atomic mass is 32.2. The van der Waals surface area contributed by atoms with Gasteiger partial charge in [-0.2, -0.15) is 0 Å². The molecule has 0 aliphatic carbocycles. The molecule has 2 atom stereocenters. The number of thioether (sulfide) groups is 1. The van der Waals surface area contributed by atoms with Gasteiger partial charge in [-0.15, -0.1) is 11.8 Å². The number of nitrogens with two attached hydrogens (primary N) is 1. The minimum absolute atomic E-state index is 0.155. The molecule has 3 N–H and O–H groups in total. The minimum atomic E-state index is -0.549. The van der Waals surface area contributed by atoms with Crippen molar-refractivity contribution in [1.29, 1.82) is 0 Å². The summed E-state index contributed by atoms with van der Waals surface area (Å²) in [6.45, 7) is 0.592. The second-order valence-corrected chi connectivity index (χ2v) is 6.26. The molecule has 0 spiro atoms. The maximum atomic E-state index is 13.4. The summed E-state index contributed by atoms with van der Waals surface area (Å²) >= 11 is 1.69. The quantitative estimate of drug-likeness (QED) is 0.791. The molecule has 4 nitrogen and oxygen atoms in total. The van der Waals surface area contributed by atoms with Crippen molar-refractivity contribution in [3.8, 4) is 0 Å². The zero-order valence-electron chi connectivity index (χ0n) is 12.1. The van der Waals surface area contributed by atoms with E-state index in [1.165, 1.54) is 12.1 Å². The number of methoxy groups -OCH3 is 1. The molecule has 0 aromatic heterocycles. The highest BCUT2D eigenvalue weighted by Crippen LogP contribution is 2.36. The van der Waals surface area contributed by atoms with E-state index in [1.54, 1.807) is 24.9 Å². The topological polar surface area (TPSA) is 64.3 Å². The zero-order valence-corrected chi connectivity index (χ0v) is 12.9. The molecular weight excluding hydrogens is 291 g/mol. The van der Waals surface area contributed by atoms with Gasteiger partial charge in [-0.05, 0) is 43.0 Å². The third-order valence-corrected chi connectivity index (χ3v) is 4.65. The molecule has 1 aromatic rings. The van der Waals surface area contributed by atoms with Crippen LogP contribution >= 0.6 is 11.8 Å². The van der Waals surface area contributed by atoms with Crippen LogP contribution in [0.2, 0.25) is 0 Å². The molecule has 0 saturated heterocycles. The molecule has 0 radical (unpaired) electrons. The fourth-order valence-electron chi connectivity index (χ4n) is 2.37. The average molecular weight is 312 g/mol. The second-order valence-electron chi connectivity index (χ2n) is 5.12. The lowest BCUT2D eigenvalue weighted by atomic mass is 10.0. The van der Waals surface area contributed by atoms with Crippen LogP contribution in [-0.4, -0.2) is 31.4 Å². The first kappa shape index (κ1) is 16.3. The molecule has 0 saturated carbocycles. The smallest absolute Gasteiger partial charge is 0.237 e. The number of hydrogen-bond donors (Lipinski definition) is 2. The summed E-state index contributed by atoms with van der Waals surface area (Å²) in [6.07, 6.45) is 2.12. The van der Waals surface area contributed by atoms with Gasteiger partial charge in [0.1, 0.15) is 5.82 Å². The largest absolute Gasteiger partial charge is 0.385 e. The van der Waals surface area contributed by atoms with Crippen LogP contribution in [-0.2, 0) is 9.53 Å². The van der Waals surface area contributed by atoms with Gasteiger partial charge in [-0.25, -0.2) is 4.39 Å². The molecule has 116 valence electrons. The van der Waals surface area contributed by atoms with Gasteiger partial charge in [0.05, 0.1) is 12.1 Å². The number of carbonyl (C=O) groups is 1. The standard InChI is InChI=1S/C15H21FN2O2S/c1-20-7-2-3-12(17)15(19)18-13-6-8-21-14-5-4-10(16)9-11(13)14/h4-5,9,12-13H,2-3,6-8,17H2,1H3,(H,18,19). The summed E-state index contributed by atoms with van der Waals surface area (Å²) in [6, 6.07) is 4.02. The number of benzene rings is 1. The fraction of sp³-hybridized carbons (Fsp3) is 0.533. The summed E-state index contributed by atoms with van der Waals surface area (Å²) in [5.41, 5.74) is 6.73. The van der Waals surface area contributed by atoms with Crippen molar-refractivity contribution in [2.45, 2.75) is 36.2 Å². The lowest BCUT2D eigenvalue weighted by molar-refractivity contribution is -0.123. The van der Waals surface area contributed by atoms with E-state index in [0.717, 1.165) is 29.1 Å². The lowest BCUT2D eigenvalue weighted by Crippen LogP contribution is -2.43. The van der Waals surface area contributed by atoms with Crippen LogP contribution in [0.25, 0.3) is 0 Å². The SMILES string of the molecule is COCCCC(N)C(=O)NC1CCSc2ccc(F)cc21. The van der Waals surface area contributed by atoms with Crippen LogP contribution in [0.1, 0.15) is 30.9 Å². The van der Waals surface area contributed by atoms with E-state index < -0.39 is 6.04 Å². The van der Waals surface area contributed by atoms with Gasteiger partial charge in [-0.1, -0.05) is 0 Å². The number of amides is 1. The normalized spacial score (nSPS) is 18.9. The predicted octanol–water partition coefficient (Wildman–Crippen LogP) is 2.23. The summed E-state index contributed by atoms with van der Waals surface area (Å²) in [4.78, 5) is 13.2. The highest BCUT2D eigenvalue weighted by Gasteiger charge is 2.24. The summed E-state index contributed by atoms with van der Waals surface area (Å²) in [5, 5.41) is 2.94. The minimum Gasteiger partial charge on any atom is -0.385 e. The van der Waals surface area contributed by atoms with Crippen LogP contribution in [0.5, 0.6) is 0 Å². The molecule has 1 aliphatic heterocycles. The zero-order chi connectivity index (χ0) is 15.2. The number of hydrogen-bond acceptors (Lipinski definition) is 4. The van der Waals surface area contributed by atoms with E-state index in [9.17, 15) is 9.18 Å².